The minimum absolute atomic E-state index is 0.0106. The van der Waals surface area contributed by atoms with Crippen molar-refractivity contribution in [2.75, 3.05) is 23.8 Å². The number of nitrogens with zero attached hydrogens (tertiary/aromatic N) is 9. The molecular formula is C34H30F2N10O. The Bertz CT molecular complexity index is 2200. The lowest BCUT2D eigenvalue weighted by atomic mass is 10.1. The Morgan fingerprint density at radius 2 is 1.83 bits per heavy atom. The minimum Gasteiger partial charge on any atom is -0.365 e. The Morgan fingerprint density at radius 1 is 0.957 bits per heavy atom. The van der Waals surface area contributed by atoms with Gasteiger partial charge in [-0.25, -0.2) is 33.4 Å². The number of halogens is 2. The van der Waals surface area contributed by atoms with Gasteiger partial charge in [0, 0.05) is 43.3 Å². The quantitative estimate of drug-likeness (QED) is 0.280. The zero-order valence-electron chi connectivity index (χ0n) is 25.5. The van der Waals surface area contributed by atoms with Gasteiger partial charge in [0.25, 0.3) is 0 Å². The van der Waals surface area contributed by atoms with Gasteiger partial charge in [-0.15, -0.1) is 0 Å². The number of hydrogen-bond acceptors (Lipinski definition) is 8. The second-order valence-corrected chi connectivity index (χ2v) is 12.6. The number of benzene rings is 2. The summed E-state index contributed by atoms with van der Waals surface area (Å²) in [6.07, 6.45) is 8.04. The molecule has 4 unspecified atom stereocenters. The Labute approximate surface area is 267 Å². The summed E-state index contributed by atoms with van der Waals surface area (Å²) >= 11 is 0. The van der Waals surface area contributed by atoms with Crippen molar-refractivity contribution in [3.63, 3.8) is 0 Å². The van der Waals surface area contributed by atoms with Gasteiger partial charge in [-0.05, 0) is 56.0 Å². The van der Waals surface area contributed by atoms with Crippen molar-refractivity contribution in [3.05, 3.63) is 85.1 Å². The monoisotopic (exact) mass is 632 g/mol. The van der Waals surface area contributed by atoms with E-state index in [0.29, 0.717) is 35.6 Å². The van der Waals surface area contributed by atoms with Crippen LogP contribution in [0.1, 0.15) is 31.7 Å². The predicted molar refractivity (Wildman–Crippen MR) is 172 cm³/mol. The normalized spacial score (nSPS) is 22.5. The van der Waals surface area contributed by atoms with Crippen molar-refractivity contribution in [1.29, 1.82) is 0 Å². The van der Waals surface area contributed by atoms with Crippen LogP contribution in [0.3, 0.4) is 0 Å². The third-order valence-electron chi connectivity index (χ3n) is 9.98. The van der Waals surface area contributed by atoms with Crippen molar-refractivity contribution >= 4 is 39.6 Å². The molecule has 6 bridgehead atoms. The molecule has 6 heterocycles. The first-order chi connectivity index (χ1) is 22.9. The summed E-state index contributed by atoms with van der Waals surface area (Å²) in [4.78, 5) is 37.2. The first kappa shape index (κ1) is 27.8. The first-order valence-corrected chi connectivity index (χ1v) is 15.8. The lowest BCUT2D eigenvalue weighted by molar-refractivity contribution is -0.133. The fraction of sp³-hybridized carbons (Fsp3) is 0.294. The van der Waals surface area contributed by atoms with Crippen LogP contribution >= 0.6 is 0 Å². The van der Waals surface area contributed by atoms with Crippen LogP contribution in [0.5, 0.6) is 0 Å². The molecule has 0 radical (unpaired) electrons. The molecule has 11 nitrogen and oxygen atoms in total. The van der Waals surface area contributed by atoms with E-state index in [1.165, 1.54) is 23.1 Å². The first-order valence-electron chi connectivity index (χ1n) is 15.8. The summed E-state index contributed by atoms with van der Waals surface area (Å²) in [5.41, 5.74) is 4.29. The number of carbonyl (C=O) groups is 1. The fourth-order valence-corrected chi connectivity index (χ4v) is 7.70. The lowest BCUT2D eigenvalue weighted by Crippen LogP contribution is -2.47. The van der Waals surface area contributed by atoms with E-state index in [0.717, 1.165) is 47.6 Å². The highest BCUT2D eigenvalue weighted by Crippen LogP contribution is 2.39. The number of rotatable bonds is 2. The summed E-state index contributed by atoms with van der Waals surface area (Å²) in [6.45, 7) is 0.466. The van der Waals surface area contributed by atoms with E-state index in [-0.39, 0.29) is 29.7 Å². The van der Waals surface area contributed by atoms with E-state index in [9.17, 15) is 13.6 Å². The number of imidazole rings is 1. The number of hydrogen-bond donors (Lipinski definition) is 1. The third-order valence-corrected chi connectivity index (χ3v) is 9.98. The van der Waals surface area contributed by atoms with Gasteiger partial charge in [0.15, 0.2) is 11.5 Å². The molecule has 47 heavy (non-hydrogen) atoms. The van der Waals surface area contributed by atoms with Gasteiger partial charge in [-0.3, -0.25) is 4.79 Å². The van der Waals surface area contributed by atoms with Gasteiger partial charge in [0.1, 0.15) is 35.5 Å². The Kier molecular flexibility index (Phi) is 6.24. The molecule has 1 aliphatic carbocycles. The number of fused-ring (bicyclic) bond motifs is 9. The standard InChI is InChI=1S/C34H30F2N10O/c1-43-21-9-10-22(14-21)45-18-39-27-6-2-4-23(31(27)45)26-5-3-7-30(42-26)41-20-13-29(34(43)47)44(16-20)32-24-15-40-46(33(24)38-17-37-32)28-11-8-19(35)12-25(28)36/h2-8,11-12,15,17-18,20-22,29H,9-10,13-14,16H2,1H3,(H,41,42). The fourth-order valence-electron chi connectivity index (χ4n) is 7.70. The second-order valence-electron chi connectivity index (χ2n) is 12.6. The van der Waals surface area contributed by atoms with Gasteiger partial charge in [0.2, 0.25) is 5.91 Å². The van der Waals surface area contributed by atoms with E-state index in [1.807, 2.05) is 53.5 Å². The molecule has 2 fully saturated rings. The molecule has 4 aromatic heterocycles. The molecule has 6 aromatic rings. The summed E-state index contributed by atoms with van der Waals surface area (Å²) in [7, 11) is 1.90. The van der Waals surface area contributed by atoms with Gasteiger partial charge in [0.05, 0.1) is 34.6 Å². The molecule has 2 aliphatic heterocycles. The molecule has 1 amide bonds. The average Bonchev–Trinajstić information content (AvgIpc) is 3.89. The zero-order chi connectivity index (χ0) is 31.8. The summed E-state index contributed by atoms with van der Waals surface area (Å²) in [6, 6.07) is 15.0. The number of pyridine rings is 1. The van der Waals surface area contributed by atoms with Gasteiger partial charge in [-0.1, -0.05) is 18.2 Å². The number of carbonyl (C=O) groups excluding carboxylic acids is 1. The number of amides is 1. The van der Waals surface area contributed by atoms with Gasteiger partial charge >= 0.3 is 0 Å². The maximum atomic E-state index is 14.8. The number of para-hydroxylation sites is 1. The molecule has 0 spiro atoms. The van der Waals surface area contributed by atoms with Crippen molar-refractivity contribution in [1.82, 2.24) is 39.2 Å². The zero-order valence-corrected chi connectivity index (χ0v) is 25.5. The highest BCUT2D eigenvalue weighted by molar-refractivity contribution is 5.93. The van der Waals surface area contributed by atoms with Crippen LogP contribution in [0, 0.1) is 11.6 Å². The molecule has 1 saturated heterocycles. The highest BCUT2D eigenvalue weighted by Gasteiger charge is 2.43. The van der Waals surface area contributed by atoms with E-state index >= 15 is 0 Å². The van der Waals surface area contributed by atoms with E-state index < -0.39 is 17.7 Å². The molecule has 236 valence electrons. The Hall–Kier alpha value is -5.46. The third kappa shape index (κ3) is 4.43. The Balaban J connectivity index is 1.14. The molecule has 1 N–H and O–H groups in total. The number of aromatic nitrogens is 7. The van der Waals surface area contributed by atoms with Gasteiger partial charge in [-0.2, -0.15) is 5.10 Å². The minimum atomic E-state index is -0.757. The van der Waals surface area contributed by atoms with Crippen molar-refractivity contribution in [2.24, 2.45) is 0 Å². The van der Waals surface area contributed by atoms with Crippen LogP contribution in [0.25, 0.3) is 39.0 Å². The number of nitrogens with one attached hydrogen (secondary N) is 1. The largest absolute Gasteiger partial charge is 0.365 e. The predicted octanol–water partition coefficient (Wildman–Crippen LogP) is 5.13. The van der Waals surface area contributed by atoms with Crippen LogP contribution in [-0.2, 0) is 4.79 Å². The van der Waals surface area contributed by atoms with Crippen LogP contribution in [0.4, 0.5) is 20.4 Å². The smallest absolute Gasteiger partial charge is 0.245 e. The SMILES string of the molecule is CN1C(=O)C2CC(CN2c2ncnc3c2cnn3-c2ccc(F)cc2F)Nc2cccc(n2)-c2cccc3ncn(c23)C2CCC1C2. The van der Waals surface area contributed by atoms with Crippen molar-refractivity contribution in [3.8, 4) is 16.9 Å². The van der Waals surface area contributed by atoms with Crippen LogP contribution in [0.2, 0.25) is 0 Å². The molecule has 4 atom stereocenters. The molecule has 1 saturated carbocycles. The summed E-state index contributed by atoms with van der Waals surface area (Å²) in [5.74, 6) is -0.188. The summed E-state index contributed by atoms with van der Waals surface area (Å²) < 4.78 is 32.1. The summed E-state index contributed by atoms with van der Waals surface area (Å²) in [5, 5.41) is 8.56. The molecular weight excluding hydrogens is 602 g/mol. The Morgan fingerprint density at radius 3 is 2.72 bits per heavy atom. The average molecular weight is 633 g/mol. The van der Waals surface area contributed by atoms with E-state index in [1.54, 1.807) is 6.20 Å². The second kappa shape index (κ2) is 10.5. The van der Waals surface area contributed by atoms with Crippen molar-refractivity contribution < 1.29 is 13.6 Å². The van der Waals surface area contributed by atoms with Gasteiger partial charge < -0.3 is 19.7 Å². The van der Waals surface area contributed by atoms with Crippen LogP contribution < -0.4 is 10.2 Å². The lowest BCUT2D eigenvalue weighted by Gasteiger charge is -2.32. The number of anilines is 2. The maximum absolute atomic E-state index is 14.8. The van der Waals surface area contributed by atoms with Crippen LogP contribution in [-0.4, -0.2) is 76.8 Å². The van der Waals surface area contributed by atoms with Crippen LogP contribution in [0.15, 0.2) is 73.4 Å². The van der Waals surface area contributed by atoms with Crippen molar-refractivity contribution in [2.45, 2.75) is 49.9 Å². The molecule has 9 rings (SSSR count). The molecule has 13 heteroatoms. The topological polar surface area (TPSA) is 110 Å². The highest BCUT2D eigenvalue weighted by atomic mass is 19.1. The maximum Gasteiger partial charge on any atom is 0.245 e. The van der Waals surface area contributed by atoms with E-state index in [2.05, 4.69) is 31.0 Å². The molecule has 2 aromatic carbocycles. The van der Waals surface area contributed by atoms with E-state index in [4.69, 9.17) is 9.97 Å². The number of likely N-dealkylation sites (N-methyl/N-ethyl adjacent to an activating group) is 1. The molecule has 3 aliphatic rings.